The fraction of sp³-hybridized carbons (Fsp3) is 0.0833. The molecule has 0 radical (unpaired) electrons. The molecule has 0 spiro atoms. The van der Waals surface area contributed by atoms with Gasteiger partial charge in [-0.25, -0.2) is 0 Å². The van der Waals surface area contributed by atoms with Crippen molar-refractivity contribution in [2.45, 2.75) is 29.6 Å². The molecule has 0 atom stereocenters. The average molecular weight is 537 g/mol. The van der Waals surface area contributed by atoms with Gasteiger partial charge in [0.2, 0.25) is 0 Å². The number of fused-ring (bicyclic) bond motifs is 4. The predicted octanol–water partition coefficient (Wildman–Crippen LogP) is 10.7. The Morgan fingerprint density at radius 2 is 1.23 bits per heavy atom. The fourth-order valence-electron chi connectivity index (χ4n) is 6.11. The molecule has 1 aromatic heterocycles. The topological polar surface area (TPSA) is 17.1 Å². The number of benzene rings is 7. The van der Waals surface area contributed by atoms with Crippen LogP contribution in [0.5, 0.6) is 0 Å². The molecule has 0 aliphatic rings. The lowest BCUT2D eigenvalue weighted by atomic mass is 9.90. The Morgan fingerprint density at radius 1 is 0.590 bits per heavy atom. The lowest BCUT2D eigenvalue weighted by Crippen LogP contribution is -2.02. The molecule has 0 bridgehead atoms. The molecule has 186 valence electrons. The van der Waals surface area contributed by atoms with Gasteiger partial charge in [0, 0.05) is 35.3 Å². The van der Waals surface area contributed by atoms with Crippen molar-refractivity contribution < 1.29 is 0 Å². The smallest absolute Gasteiger partial charge is 0.195 e. The van der Waals surface area contributed by atoms with Gasteiger partial charge in [0.05, 0.1) is 0 Å². The first-order valence-corrected chi connectivity index (χ1v) is 15.0. The predicted molar refractivity (Wildman–Crippen MR) is 171 cm³/mol. The van der Waals surface area contributed by atoms with Crippen molar-refractivity contribution in [3.8, 4) is 0 Å². The first-order valence-electron chi connectivity index (χ1n) is 13.3. The van der Waals surface area contributed by atoms with Crippen LogP contribution in [0.3, 0.4) is 0 Å². The van der Waals surface area contributed by atoms with Crippen molar-refractivity contribution in [2.75, 3.05) is 0 Å². The highest BCUT2D eigenvalue weighted by atomic mass is 32.2. The SMILES string of the molecule is CC(C)c1ccc2sc3ccc(Sc4ccc5cccc6c7cccc8cccc(c4c56)c87)cc3c(=O)c2c1. The molecule has 39 heavy (non-hydrogen) atoms. The largest absolute Gasteiger partial charge is 0.289 e. The van der Waals surface area contributed by atoms with E-state index in [4.69, 9.17) is 0 Å². The summed E-state index contributed by atoms with van der Waals surface area (Å²) in [6.45, 7) is 4.34. The van der Waals surface area contributed by atoms with Gasteiger partial charge >= 0.3 is 0 Å². The minimum absolute atomic E-state index is 0.129. The Bertz CT molecular complexity index is 2300. The van der Waals surface area contributed by atoms with Gasteiger partial charge in [-0.15, -0.1) is 11.3 Å². The Labute approximate surface area is 234 Å². The van der Waals surface area contributed by atoms with E-state index in [1.807, 2.05) is 0 Å². The third kappa shape index (κ3) is 3.43. The summed E-state index contributed by atoms with van der Waals surface area (Å²) in [7, 11) is 0. The number of rotatable bonds is 3. The molecule has 0 aliphatic carbocycles. The van der Waals surface area contributed by atoms with Crippen LogP contribution in [-0.4, -0.2) is 0 Å². The summed E-state index contributed by atoms with van der Waals surface area (Å²) in [6.07, 6.45) is 0. The van der Waals surface area contributed by atoms with Crippen molar-refractivity contribution in [3.63, 3.8) is 0 Å². The van der Waals surface area contributed by atoms with E-state index in [-0.39, 0.29) is 5.43 Å². The summed E-state index contributed by atoms with van der Waals surface area (Å²) in [5, 5.41) is 12.0. The van der Waals surface area contributed by atoms with Gasteiger partial charge in [-0.05, 0) is 85.6 Å². The molecular formula is C36H24OS2. The molecule has 0 unspecified atom stereocenters. The molecule has 8 aromatic rings. The quantitative estimate of drug-likeness (QED) is 0.165. The van der Waals surface area contributed by atoms with E-state index in [1.54, 1.807) is 23.1 Å². The lowest BCUT2D eigenvalue weighted by molar-refractivity contribution is 0.869. The zero-order valence-electron chi connectivity index (χ0n) is 21.6. The lowest BCUT2D eigenvalue weighted by Gasteiger charge is -2.17. The molecule has 0 amide bonds. The van der Waals surface area contributed by atoms with Crippen molar-refractivity contribution in [2.24, 2.45) is 0 Å². The molecule has 8 rings (SSSR count). The van der Waals surface area contributed by atoms with Crippen LogP contribution in [0.4, 0.5) is 0 Å². The Morgan fingerprint density at radius 3 is 1.97 bits per heavy atom. The van der Waals surface area contributed by atoms with E-state index in [2.05, 4.69) is 117 Å². The summed E-state index contributed by atoms with van der Waals surface area (Å²) in [5.74, 6) is 0.390. The third-order valence-electron chi connectivity index (χ3n) is 8.03. The van der Waals surface area contributed by atoms with Crippen molar-refractivity contribution in [3.05, 3.63) is 119 Å². The highest BCUT2D eigenvalue weighted by molar-refractivity contribution is 7.99. The molecule has 0 saturated heterocycles. The Balaban J connectivity index is 1.37. The molecule has 0 aliphatic heterocycles. The second kappa shape index (κ2) is 8.54. The van der Waals surface area contributed by atoms with Crippen molar-refractivity contribution in [1.29, 1.82) is 0 Å². The number of hydrogen-bond acceptors (Lipinski definition) is 3. The van der Waals surface area contributed by atoms with Gasteiger partial charge < -0.3 is 0 Å². The second-order valence-corrected chi connectivity index (χ2v) is 12.9. The van der Waals surface area contributed by atoms with E-state index in [0.29, 0.717) is 5.92 Å². The molecular weight excluding hydrogens is 513 g/mol. The average Bonchev–Trinajstić information content (AvgIpc) is 2.96. The van der Waals surface area contributed by atoms with Crippen LogP contribution >= 0.6 is 23.1 Å². The summed E-state index contributed by atoms with van der Waals surface area (Å²) in [5.41, 5.74) is 1.33. The minimum Gasteiger partial charge on any atom is -0.289 e. The van der Waals surface area contributed by atoms with E-state index in [1.165, 1.54) is 53.5 Å². The molecule has 0 N–H and O–H groups in total. The molecule has 0 fully saturated rings. The van der Waals surface area contributed by atoms with Crippen LogP contribution in [0, 0.1) is 0 Å². The molecule has 1 heterocycles. The van der Waals surface area contributed by atoms with Gasteiger partial charge in [0.1, 0.15) is 0 Å². The summed E-state index contributed by atoms with van der Waals surface area (Å²) < 4.78 is 2.09. The maximum Gasteiger partial charge on any atom is 0.195 e. The molecule has 7 aromatic carbocycles. The first kappa shape index (κ1) is 23.0. The minimum atomic E-state index is 0.129. The van der Waals surface area contributed by atoms with Crippen LogP contribution in [0.15, 0.2) is 118 Å². The zero-order valence-corrected chi connectivity index (χ0v) is 23.3. The normalized spacial score (nSPS) is 12.3. The van der Waals surface area contributed by atoms with Crippen LogP contribution in [-0.2, 0) is 0 Å². The zero-order chi connectivity index (χ0) is 26.2. The van der Waals surface area contributed by atoms with E-state index < -0.39 is 0 Å². The summed E-state index contributed by atoms with van der Waals surface area (Å²) in [6, 6.07) is 37.1. The monoisotopic (exact) mass is 536 g/mol. The van der Waals surface area contributed by atoms with Gasteiger partial charge in [0.25, 0.3) is 0 Å². The third-order valence-corrected chi connectivity index (χ3v) is 10.2. The van der Waals surface area contributed by atoms with Crippen molar-refractivity contribution >= 4 is 86.4 Å². The molecule has 1 nitrogen and oxygen atoms in total. The van der Waals surface area contributed by atoms with Gasteiger partial charge in [0.15, 0.2) is 5.43 Å². The highest BCUT2D eigenvalue weighted by Crippen LogP contribution is 2.45. The molecule has 0 saturated carbocycles. The van der Waals surface area contributed by atoms with Crippen LogP contribution in [0.2, 0.25) is 0 Å². The van der Waals surface area contributed by atoms with Crippen molar-refractivity contribution in [1.82, 2.24) is 0 Å². The summed E-state index contributed by atoms with van der Waals surface area (Å²) in [4.78, 5) is 16.0. The van der Waals surface area contributed by atoms with Crippen LogP contribution in [0.25, 0.3) is 63.3 Å². The standard InChI is InChI=1S/C36H24OS2/c1-20(2)23-13-15-30-28(18-23)36(37)29-19-24(14-17-31(29)39-30)38-32-16-12-22-8-4-10-26-25-9-3-6-21-7-5-11-27(33(21)25)35(32)34(22)26/h3-20H,1-2H3. The summed E-state index contributed by atoms with van der Waals surface area (Å²) >= 11 is 3.46. The van der Waals surface area contributed by atoms with E-state index >= 15 is 0 Å². The maximum absolute atomic E-state index is 13.7. The fourth-order valence-corrected chi connectivity index (χ4v) is 8.16. The van der Waals surface area contributed by atoms with Gasteiger partial charge in [-0.3, -0.25) is 4.79 Å². The van der Waals surface area contributed by atoms with E-state index in [9.17, 15) is 4.79 Å². The highest BCUT2D eigenvalue weighted by Gasteiger charge is 2.16. The maximum atomic E-state index is 13.7. The van der Waals surface area contributed by atoms with Gasteiger partial charge in [-0.1, -0.05) is 92.3 Å². The first-order chi connectivity index (χ1) is 19.1. The number of hydrogen-bond donors (Lipinski definition) is 0. The van der Waals surface area contributed by atoms with E-state index in [0.717, 1.165) is 25.1 Å². The second-order valence-electron chi connectivity index (χ2n) is 10.7. The Hall–Kier alpha value is -3.92. The van der Waals surface area contributed by atoms with Crippen LogP contribution < -0.4 is 5.43 Å². The van der Waals surface area contributed by atoms with Crippen LogP contribution in [0.1, 0.15) is 25.3 Å². The Kier molecular flexibility index (Phi) is 5.04. The van der Waals surface area contributed by atoms with Gasteiger partial charge in [-0.2, -0.15) is 0 Å². The molecule has 3 heteroatoms.